The van der Waals surface area contributed by atoms with Gasteiger partial charge in [0.1, 0.15) is 17.3 Å². The highest BCUT2D eigenvalue weighted by atomic mass is 19.1. The molecule has 0 saturated heterocycles. The minimum Gasteiger partial charge on any atom is -0.457 e. The van der Waals surface area contributed by atoms with Crippen LogP contribution in [0.4, 0.5) is 10.1 Å². The molecule has 3 aromatic rings. The van der Waals surface area contributed by atoms with Crippen molar-refractivity contribution in [2.75, 3.05) is 19.0 Å². The summed E-state index contributed by atoms with van der Waals surface area (Å²) < 4.78 is 20.6. The fourth-order valence-corrected chi connectivity index (χ4v) is 4.18. The van der Waals surface area contributed by atoms with Crippen molar-refractivity contribution in [3.05, 3.63) is 89.7 Å². The minimum atomic E-state index is -0.245. The molecule has 1 amide bonds. The lowest BCUT2D eigenvalue weighted by Gasteiger charge is -2.20. The molecule has 0 spiro atoms. The monoisotopic (exact) mass is 420 g/mol. The van der Waals surface area contributed by atoms with Crippen molar-refractivity contribution in [3.63, 3.8) is 0 Å². The second-order valence-corrected chi connectivity index (χ2v) is 8.01. The van der Waals surface area contributed by atoms with Crippen LogP contribution in [0.3, 0.4) is 0 Å². The van der Waals surface area contributed by atoms with Crippen LogP contribution in [-0.2, 0) is 0 Å². The lowest BCUT2D eigenvalue weighted by Crippen LogP contribution is -2.26. The second-order valence-electron chi connectivity index (χ2n) is 8.01. The van der Waals surface area contributed by atoms with E-state index in [9.17, 15) is 9.18 Å². The minimum absolute atomic E-state index is 0. The summed E-state index contributed by atoms with van der Waals surface area (Å²) in [7, 11) is 3.62. The van der Waals surface area contributed by atoms with Crippen molar-refractivity contribution >= 4 is 11.6 Å². The third kappa shape index (κ3) is 4.78. The number of carbonyl (C=O) groups is 1. The maximum absolute atomic E-state index is 14.8. The Labute approximate surface area is 184 Å². The molecule has 1 fully saturated rings. The Kier molecular flexibility index (Phi) is 6.33. The summed E-state index contributed by atoms with van der Waals surface area (Å²) in [4.78, 5) is 14.4. The molecule has 4 rings (SSSR count). The number of hydrogen-bond donors (Lipinski definition) is 1. The molecule has 1 saturated carbocycles. The molecule has 31 heavy (non-hydrogen) atoms. The quantitative estimate of drug-likeness (QED) is 0.532. The standard InChI is InChI=1S/C26H27FN2O2.H2/c1-28-20-11-8-19(16-20)24-15-12-21(17-25(24)27)29(2)26(30)18-9-13-23(14-10-18)31-22-6-4-3-5-7-22;/h3-7,9-10,12-15,17,19-20,28H,8,11,16H2,1-2H3;1H. The van der Waals surface area contributed by atoms with Gasteiger partial charge in [-0.1, -0.05) is 24.3 Å². The van der Waals surface area contributed by atoms with Gasteiger partial charge in [-0.25, -0.2) is 4.39 Å². The maximum atomic E-state index is 14.8. The van der Waals surface area contributed by atoms with E-state index in [1.807, 2.05) is 49.5 Å². The van der Waals surface area contributed by atoms with Crippen molar-refractivity contribution in [1.82, 2.24) is 5.32 Å². The van der Waals surface area contributed by atoms with Crippen LogP contribution < -0.4 is 15.0 Å². The van der Waals surface area contributed by atoms with E-state index in [2.05, 4.69) is 5.32 Å². The summed E-state index contributed by atoms with van der Waals surface area (Å²) >= 11 is 0. The van der Waals surface area contributed by atoms with Crippen LogP contribution in [0.1, 0.15) is 42.5 Å². The Bertz CT molecular complexity index is 1040. The molecule has 162 valence electrons. The number of nitrogens with zero attached hydrogens (tertiary/aromatic N) is 1. The lowest BCUT2D eigenvalue weighted by molar-refractivity contribution is 0.0993. The first-order chi connectivity index (χ1) is 15.0. The summed E-state index contributed by atoms with van der Waals surface area (Å²) in [5.74, 6) is 1.17. The average molecular weight is 421 g/mol. The van der Waals surface area contributed by atoms with E-state index in [4.69, 9.17) is 4.74 Å². The SMILES string of the molecule is CNC1CCC(c2ccc(N(C)C(=O)c3ccc(Oc4ccccc4)cc3)cc2F)C1.[HH]. The zero-order valence-electron chi connectivity index (χ0n) is 17.8. The maximum Gasteiger partial charge on any atom is 0.258 e. The molecular weight excluding hydrogens is 391 g/mol. The number of halogens is 1. The van der Waals surface area contributed by atoms with Crippen molar-refractivity contribution in [2.45, 2.75) is 31.2 Å². The highest BCUT2D eigenvalue weighted by Gasteiger charge is 2.27. The topological polar surface area (TPSA) is 41.6 Å². The van der Waals surface area contributed by atoms with Crippen LogP contribution in [-0.4, -0.2) is 26.0 Å². The van der Waals surface area contributed by atoms with Crippen LogP contribution in [0.15, 0.2) is 72.8 Å². The van der Waals surface area contributed by atoms with Crippen molar-refractivity contribution in [2.24, 2.45) is 0 Å². The van der Waals surface area contributed by atoms with Crippen molar-refractivity contribution < 1.29 is 15.3 Å². The first-order valence-electron chi connectivity index (χ1n) is 10.6. The van der Waals surface area contributed by atoms with E-state index in [0.717, 1.165) is 30.6 Å². The predicted octanol–water partition coefficient (Wildman–Crippen LogP) is 6.00. The number of amides is 1. The first-order valence-corrected chi connectivity index (χ1v) is 10.6. The molecule has 0 aliphatic heterocycles. The highest BCUT2D eigenvalue weighted by molar-refractivity contribution is 6.05. The van der Waals surface area contributed by atoms with Crippen molar-refractivity contribution in [1.29, 1.82) is 0 Å². The van der Waals surface area contributed by atoms with E-state index in [-0.39, 0.29) is 19.1 Å². The van der Waals surface area contributed by atoms with Gasteiger partial charge in [0.05, 0.1) is 0 Å². The number of ether oxygens (including phenoxy) is 1. The summed E-state index contributed by atoms with van der Waals surface area (Å²) in [6.07, 6.45) is 2.98. The molecule has 2 unspecified atom stereocenters. The van der Waals surface area contributed by atoms with Gasteiger partial charge < -0.3 is 15.0 Å². The number of carbonyl (C=O) groups excluding carboxylic acids is 1. The number of benzene rings is 3. The Balaban J connectivity index is 0.00000289. The fraction of sp³-hybridized carbons (Fsp3) is 0.269. The molecular formula is C26H29FN2O2. The number of rotatable bonds is 6. The van der Waals surface area contributed by atoms with Crippen LogP contribution in [0.2, 0.25) is 0 Å². The molecule has 0 bridgehead atoms. The van der Waals surface area contributed by atoms with E-state index in [1.165, 1.54) is 11.0 Å². The third-order valence-electron chi connectivity index (χ3n) is 6.04. The molecule has 0 heterocycles. The van der Waals surface area contributed by atoms with Crippen molar-refractivity contribution in [3.8, 4) is 11.5 Å². The zero-order chi connectivity index (χ0) is 21.8. The van der Waals surface area contributed by atoms with E-state index in [1.54, 1.807) is 31.3 Å². The molecule has 0 radical (unpaired) electrons. The van der Waals surface area contributed by atoms with E-state index in [0.29, 0.717) is 23.0 Å². The van der Waals surface area contributed by atoms with E-state index < -0.39 is 0 Å². The lowest BCUT2D eigenvalue weighted by atomic mass is 9.96. The Morgan fingerprint density at radius 3 is 2.39 bits per heavy atom. The smallest absolute Gasteiger partial charge is 0.258 e. The fourth-order valence-electron chi connectivity index (χ4n) is 4.18. The van der Waals surface area contributed by atoms with Gasteiger partial charge in [-0.3, -0.25) is 4.79 Å². The van der Waals surface area contributed by atoms with Gasteiger partial charge >= 0.3 is 0 Å². The van der Waals surface area contributed by atoms with Crippen LogP contribution in [0.5, 0.6) is 11.5 Å². The second kappa shape index (κ2) is 9.31. The van der Waals surface area contributed by atoms with Crippen LogP contribution in [0, 0.1) is 5.82 Å². The molecule has 4 nitrogen and oxygen atoms in total. The zero-order valence-corrected chi connectivity index (χ0v) is 17.8. The highest BCUT2D eigenvalue weighted by Crippen LogP contribution is 2.36. The number of para-hydroxylation sites is 1. The van der Waals surface area contributed by atoms with Crippen LogP contribution >= 0.6 is 0 Å². The molecule has 0 aromatic heterocycles. The predicted molar refractivity (Wildman–Crippen MR) is 124 cm³/mol. The molecule has 1 aliphatic carbocycles. The van der Waals surface area contributed by atoms with Gasteiger partial charge in [0, 0.05) is 25.8 Å². The Hall–Kier alpha value is -3.18. The van der Waals surface area contributed by atoms with Gasteiger partial charge in [-0.15, -0.1) is 0 Å². The molecule has 5 heteroatoms. The summed E-state index contributed by atoms with van der Waals surface area (Å²) in [6.45, 7) is 0. The average Bonchev–Trinajstić information content (AvgIpc) is 3.28. The number of anilines is 1. The molecule has 1 aliphatic rings. The van der Waals surface area contributed by atoms with Gasteiger partial charge in [0.15, 0.2) is 0 Å². The summed E-state index contributed by atoms with van der Waals surface area (Å²) in [5, 5.41) is 3.28. The Morgan fingerprint density at radius 2 is 1.74 bits per heavy atom. The molecule has 1 N–H and O–H groups in total. The van der Waals surface area contributed by atoms with Gasteiger partial charge in [0.2, 0.25) is 0 Å². The van der Waals surface area contributed by atoms with Gasteiger partial charge in [-0.05, 0) is 86.3 Å². The number of hydrogen-bond acceptors (Lipinski definition) is 3. The van der Waals surface area contributed by atoms with Gasteiger partial charge in [0.25, 0.3) is 5.91 Å². The largest absolute Gasteiger partial charge is 0.457 e. The third-order valence-corrected chi connectivity index (χ3v) is 6.04. The molecule has 3 aromatic carbocycles. The Morgan fingerprint density at radius 1 is 1.03 bits per heavy atom. The van der Waals surface area contributed by atoms with Gasteiger partial charge in [-0.2, -0.15) is 0 Å². The molecule has 2 atom stereocenters. The number of nitrogens with one attached hydrogen (secondary N) is 1. The normalized spacial score (nSPS) is 18.0. The van der Waals surface area contributed by atoms with Crippen LogP contribution in [0.25, 0.3) is 0 Å². The summed E-state index contributed by atoms with van der Waals surface area (Å²) in [5.41, 5.74) is 1.80. The van der Waals surface area contributed by atoms with E-state index >= 15 is 0 Å². The summed E-state index contributed by atoms with van der Waals surface area (Å²) in [6, 6.07) is 22.0. The first kappa shape index (κ1) is 21.1.